The van der Waals surface area contributed by atoms with Crippen LogP contribution in [0, 0.1) is 12.8 Å². The quantitative estimate of drug-likeness (QED) is 0.875. The molecule has 0 saturated carbocycles. The molecule has 1 aliphatic heterocycles. The number of carbonyl (C=O) groups is 1. The summed E-state index contributed by atoms with van der Waals surface area (Å²) in [6.07, 6.45) is 5.11. The summed E-state index contributed by atoms with van der Waals surface area (Å²) >= 11 is 0. The van der Waals surface area contributed by atoms with Crippen molar-refractivity contribution in [3.8, 4) is 5.75 Å². The van der Waals surface area contributed by atoms with E-state index in [-0.39, 0.29) is 11.8 Å². The first-order valence-electron chi connectivity index (χ1n) is 8.00. The molecule has 0 aliphatic carbocycles. The summed E-state index contributed by atoms with van der Waals surface area (Å²) in [5, 5.41) is 0. The Labute approximate surface area is 137 Å². The first-order valence-corrected chi connectivity index (χ1v) is 8.00. The van der Waals surface area contributed by atoms with Gasteiger partial charge in [0.1, 0.15) is 5.75 Å². The Morgan fingerprint density at radius 2 is 2.17 bits per heavy atom. The lowest BCUT2D eigenvalue weighted by molar-refractivity contribution is -0.135. The normalized spacial score (nSPS) is 16.9. The summed E-state index contributed by atoms with van der Waals surface area (Å²) in [5.41, 5.74) is 3.37. The highest BCUT2D eigenvalue weighted by atomic mass is 16.5. The van der Waals surface area contributed by atoms with Gasteiger partial charge in [0, 0.05) is 31.9 Å². The number of para-hydroxylation sites is 1. The molecule has 0 N–H and O–H groups in total. The first-order chi connectivity index (χ1) is 11.1. The van der Waals surface area contributed by atoms with Crippen molar-refractivity contribution in [2.24, 2.45) is 5.92 Å². The van der Waals surface area contributed by atoms with Crippen LogP contribution in [0.3, 0.4) is 0 Å². The van der Waals surface area contributed by atoms with E-state index in [2.05, 4.69) is 4.98 Å². The molecule has 120 valence electrons. The van der Waals surface area contributed by atoms with Gasteiger partial charge in [-0.15, -0.1) is 0 Å². The third-order valence-corrected chi connectivity index (χ3v) is 4.43. The Morgan fingerprint density at radius 1 is 1.35 bits per heavy atom. The molecular weight excluding hydrogens is 288 g/mol. The van der Waals surface area contributed by atoms with E-state index < -0.39 is 0 Å². The molecule has 0 spiro atoms. The minimum atomic E-state index is -0.0224. The molecule has 1 atom stereocenters. The maximum atomic E-state index is 12.8. The van der Waals surface area contributed by atoms with Gasteiger partial charge in [-0.3, -0.25) is 9.78 Å². The van der Waals surface area contributed by atoms with Crippen molar-refractivity contribution in [3.63, 3.8) is 0 Å². The van der Waals surface area contributed by atoms with Crippen LogP contribution in [0.2, 0.25) is 0 Å². The van der Waals surface area contributed by atoms with Crippen molar-refractivity contribution in [2.75, 3.05) is 13.7 Å². The van der Waals surface area contributed by atoms with E-state index in [0.717, 1.165) is 35.3 Å². The molecule has 1 aromatic carbocycles. The predicted octanol–water partition coefficient (Wildman–Crippen LogP) is 2.99. The number of nitrogens with zero attached hydrogens (tertiary/aromatic N) is 2. The number of fused-ring (bicyclic) bond motifs is 1. The van der Waals surface area contributed by atoms with E-state index in [0.29, 0.717) is 13.2 Å². The van der Waals surface area contributed by atoms with E-state index in [9.17, 15) is 4.79 Å². The molecule has 0 bridgehead atoms. The molecule has 0 unspecified atom stereocenters. The van der Waals surface area contributed by atoms with Crippen LogP contribution in [-0.4, -0.2) is 29.4 Å². The maximum Gasteiger partial charge on any atom is 0.226 e. The molecule has 23 heavy (non-hydrogen) atoms. The molecule has 2 heterocycles. The average molecular weight is 310 g/mol. The van der Waals surface area contributed by atoms with Gasteiger partial charge < -0.3 is 9.64 Å². The van der Waals surface area contributed by atoms with Crippen LogP contribution in [0.15, 0.2) is 42.7 Å². The highest BCUT2D eigenvalue weighted by molar-refractivity contribution is 5.79. The van der Waals surface area contributed by atoms with Gasteiger partial charge in [-0.1, -0.05) is 18.2 Å². The number of pyridine rings is 1. The SMILES string of the molecule is Cc1cnccc1CN(C)C(=O)[C@@H]1CCOc2ccccc2C1. The predicted molar refractivity (Wildman–Crippen MR) is 89.2 cm³/mol. The van der Waals surface area contributed by atoms with Gasteiger partial charge >= 0.3 is 0 Å². The highest BCUT2D eigenvalue weighted by Crippen LogP contribution is 2.27. The van der Waals surface area contributed by atoms with Gasteiger partial charge in [0.15, 0.2) is 0 Å². The smallest absolute Gasteiger partial charge is 0.226 e. The van der Waals surface area contributed by atoms with Crippen molar-refractivity contribution in [1.82, 2.24) is 9.88 Å². The van der Waals surface area contributed by atoms with E-state index >= 15 is 0 Å². The first kappa shape index (κ1) is 15.5. The van der Waals surface area contributed by atoms with Crippen molar-refractivity contribution >= 4 is 5.91 Å². The lowest BCUT2D eigenvalue weighted by atomic mass is 9.95. The number of ether oxygens (including phenoxy) is 1. The minimum absolute atomic E-state index is 0.0224. The number of hydrogen-bond acceptors (Lipinski definition) is 3. The van der Waals surface area contributed by atoms with Gasteiger partial charge in [-0.2, -0.15) is 0 Å². The van der Waals surface area contributed by atoms with Gasteiger partial charge in [0.2, 0.25) is 5.91 Å². The number of aromatic nitrogens is 1. The van der Waals surface area contributed by atoms with Crippen molar-refractivity contribution in [2.45, 2.75) is 26.3 Å². The van der Waals surface area contributed by atoms with E-state index in [1.807, 2.05) is 55.4 Å². The van der Waals surface area contributed by atoms with Crippen LogP contribution in [0.5, 0.6) is 5.75 Å². The molecule has 3 rings (SSSR count). The lowest BCUT2D eigenvalue weighted by Crippen LogP contribution is -2.34. The summed E-state index contributed by atoms with van der Waals surface area (Å²) in [5.74, 6) is 1.07. The van der Waals surface area contributed by atoms with Crippen LogP contribution in [0.25, 0.3) is 0 Å². The van der Waals surface area contributed by atoms with Crippen LogP contribution < -0.4 is 4.74 Å². The molecule has 0 fully saturated rings. The van der Waals surface area contributed by atoms with Crippen molar-refractivity contribution in [1.29, 1.82) is 0 Å². The highest BCUT2D eigenvalue weighted by Gasteiger charge is 2.26. The minimum Gasteiger partial charge on any atom is -0.493 e. The maximum absolute atomic E-state index is 12.8. The third kappa shape index (κ3) is 3.52. The number of carbonyl (C=O) groups excluding carboxylic acids is 1. The number of hydrogen-bond donors (Lipinski definition) is 0. The zero-order valence-corrected chi connectivity index (χ0v) is 13.7. The van der Waals surface area contributed by atoms with Crippen LogP contribution in [0.1, 0.15) is 23.1 Å². The number of benzene rings is 1. The van der Waals surface area contributed by atoms with Crippen LogP contribution in [-0.2, 0) is 17.8 Å². The topological polar surface area (TPSA) is 42.4 Å². The Hall–Kier alpha value is -2.36. The summed E-state index contributed by atoms with van der Waals surface area (Å²) in [7, 11) is 1.87. The largest absolute Gasteiger partial charge is 0.493 e. The average Bonchev–Trinajstić information content (AvgIpc) is 2.78. The molecule has 4 nitrogen and oxygen atoms in total. The lowest BCUT2D eigenvalue weighted by Gasteiger charge is -2.23. The monoisotopic (exact) mass is 310 g/mol. The molecule has 0 saturated heterocycles. The van der Waals surface area contributed by atoms with Gasteiger partial charge in [0.05, 0.1) is 6.61 Å². The van der Waals surface area contributed by atoms with E-state index in [4.69, 9.17) is 4.74 Å². The number of amides is 1. The molecule has 1 aliphatic rings. The summed E-state index contributed by atoms with van der Waals surface area (Å²) in [4.78, 5) is 18.8. The third-order valence-electron chi connectivity index (χ3n) is 4.43. The van der Waals surface area contributed by atoms with Gasteiger partial charge in [0.25, 0.3) is 0 Å². The standard InChI is InChI=1S/C19H22N2O2/c1-14-12-20-9-7-17(14)13-21(2)19(22)16-8-10-23-18-6-4-3-5-15(18)11-16/h3-7,9,12,16H,8,10-11,13H2,1-2H3/t16-/m1/s1. The Balaban J connectivity index is 1.71. The fourth-order valence-corrected chi connectivity index (χ4v) is 3.03. The zero-order valence-electron chi connectivity index (χ0n) is 13.7. The van der Waals surface area contributed by atoms with E-state index in [1.165, 1.54) is 0 Å². The summed E-state index contributed by atoms with van der Waals surface area (Å²) in [6.45, 7) is 3.23. The molecular formula is C19H22N2O2. The van der Waals surface area contributed by atoms with Crippen LogP contribution in [0.4, 0.5) is 0 Å². The second-order valence-electron chi connectivity index (χ2n) is 6.14. The molecule has 1 aromatic heterocycles. The molecule has 0 radical (unpaired) electrons. The van der Waals surface area contributed by atoms with Gasteiger partial charge in [-0.25, -0.2) is 0 Å². The Kier molecular flexibility index (Phi) is 4.60. The summed E-state index contributed by atoms with van der Waals surface area (Å²) in [6, 6.07) is 9.98. The number of rotatable bonds is 3. The van der Waals surface area contributed by atoms with Crippen molar-refractivity contribution < 1.29 is 9.53 Å². The zero-order chi connectivity index (χ0) is 16.2. The van der Waals surface area contributed by atoms with E-state index in [1.54, 1.807) is 6.20 Å². The fourth-order valence-electron chi connectivity index (χ4n) is 3.03. The Morgan fingerprint density at radius 3 is 3.00 bits per heavy atom. The van der Waals surface area contributed by atoms with Crippen molar-refractivity contribution in [3.05, 3.63) is 59.4 Å². The van der Waals surface area contributed by atoms with Gasteiger partial charge in [-0.05, 0) is 48.6 Å². The van der Waals surface area contributed by atoms with Crippen LogP contribution >= 0.6 is 0 Å². The molecule has 4 heteroatoms. The Bertz CT molecular complexity index is 699. The molecule has 2 aromatic rings. The second-order valence-corrected chi connectivity index (χ2v) is 6.14. The second kappa shape index (κ2) is 6.82. The number of aryl methyl sites for hydroxylation is 1. The molecule has 1 amide bonds. The fraction of sp³-hybridized carbons (Fsp3) is 0.368. The summed E-state index contributed by atoms with van der Waals surface area (Å²) < 4.78 is 5.77.